The van der Waals surface area contributed by atoms with Gasteiger partial charge < -0.3 is 20.8 Å². The number of carbonyl (C=O) groups excluding carboxylic acids is 2. The molecule has 0 aliphatic carbocycles. The Morgan fingerprint density at radius 1 is 0.507 bits per heavy atom. The first-order chi connectivity index (χ1) is 34.6. The van der Waals surface area contributed by atoms with E-state index in [0.29, 0.717) is 24.3 Å². The first-order valence-electron chi connectivity index (χ1n) is 19.3. The minimum absolute atomic E-state index is 0.106. The molecule has 0 fully saturated rings. The van der Waals surface area contributed by atoms with Crippen molar-refractivity contribution in [3.63, 3.8) is 0 Å². The number of amides is 2. The average Bonchev–Trinajstić information content (AvgIpc) is 3.26. The summed E-state index contributed by atoms with van der Waals surface area (Å²) in [7, 11) is -27.3. The van der Waals surface area contributed by atoms with Crippen LogP contribution in [0.15, 0.2) is 106 Å². The van der Waals surface area contributed by atoms with Crippen molar-refractivity contribution in [2.75, 3.05) is 34.3 Å². The van der Waals surface area contributed by atoms with E-state index in [4.69, 9.17) is 23.2 Å². The number of azo groups is 2. The number of rotatable bonds is 19. The lowest BCUT2D eigenvalue weighted by Gasteiger charge is -2.15. The molecule has 0 radical (unpaired) electrons. The molecular weight excluding hydrogens is 1190 g/mol. The van der Waals surface area contributed by atoms with Crippen LogP contribution in [-0.2, 0) is 90.7 Å². The number of nitrogens with zero attached hydrogens (tertiary/aromatic N) is 4. The Kier molecular flexibility index (Phi) is 17.2. The van der Waals surface area contributed by atoms with Crippen LogP contribution in [0.3, 0.4) is 0 Å². The van der Waals surface area contributed by atoms with Crippen molar-refractivity contribution in [3.05, 3.63) is 66.2 Å². The Labute approximate surface area is 436 Å². The molecule has 0 spiro atoms. The van der Waals surface area contributed by atoms with Gasteiger partial charge >= 0.3 is 0 Å². The average molecular weight is 1220 g/mol. The molecule has 0 aliphatic heterocycles. The van der Waals surface area contributed by atoms with E-state index in [1.165, 1.54) is 6.92 Å². The Bertz CT molecular complexity index is 4140. The summed E-state index contributed by atoms with van der Waals surface area (Å²) in [5.74, 6) is -6.11. The summed E-state index contributed by atoms with van der Waals surface area (Å²) in [5, 5.41) is 37.9. The van der Waals surface area contributed by atoms with Gasteiger partial charge in [-0.05, 0) is 73.2 Å². The molecule has 0 bridgehead atoms. The van der Waals surface area contributed by atoms with Crippen molar-refractivity contribution in [2.24, 2.45) is 20.5 Å². The number of hydrogen-bond acceptors (Lipinski definition) is 22. The highest BCUT2D eigenvalue weighted by atomic mass is 35.5. The van der Waals surface area contributed by atoms with Crippen LogP contribution in [-0.4, -0.2) is 119 Å². The van der Waals surface area contributed by atoms with Crippen molar-refractivity contribution in [3.8, 4) is 11.5 Å². The van der Waals surface area contributed by atoms with E-state index >= 15 is 0 Å². The molecule has 6 rings (SSSR count). The molecule has 38 heteroatoms. The Morgan fingerprint density at radius 2 is 0.880 bits per heavy atom. The number of anilines is 2. The fourth-order valence-corrected chi connectivity index (χ4v) is 12.3. The molecule has 29 nitrogen and oxygen atoms in total. The Balaban J connectivity index is 1.49. The molecule has 0 saturated carbocycles. The number of benzene rings is 6. The number of fused-ring (bicyclic) bond motifs is 3. The highest BCUT2D eigenvalue weighted by molar-refractivity contribution is 7.87. The van der Waals surface area contributed by atoms with E-state index in [1.807, 2.05) is 5.32 Å². The van der Waals surface area contributed by atoms with Crippen molar-refractivity contribution in [1.29, 1.82) is 0 Å². The summed E-state index contributed by atoms with van der Waals surface area (Å²) in [6, 6.07) is 6.50. The molecule has 2 amide bonds. The van der Waals surface area contributed by atoms with Gasteiger partial charge in [0, 0.05) is 32.3 Å². The quantitative estimate of drug-likeness (QED) is 0.0272. The van der Waals surface area contributed by atoms with Crippen LogP contribution in [0.4, 0.5) is 34.1 Å². The van der Waals surface area contributed by atoms with Gasteiger partial charge in [-0.1, -0.05) is 23.2 Å². The number of nitrogens with one attached hydrogen (secondary N) is 2. The largest absolute Gasteiger partial charge is 0.505 e. The van der Waals surface area contributed by atoms with Crippen LogP contribution in [0, 0.1) is 6.92 Å². The number of aryl methyl sites for hydroxylation is 1. The van der Waals surface area contributed by atoms with Crippen LogP contribution in [0.5, 0.6) is 11.5 Å². The summed E-state index contributed by atoms with van der Waals surface area (Å²) >= 11 is 6.07. The number of phenolic OH excluding ortho intramolecular Hbond substituents is 2. The van der Waals surface area contributed by atoms with Gasteiger partial charge in [0.15, 0.2) is 33.7 Å². The molecule has 2 unspecified atom stereocenters. The SMILES string of the molecule is Cc1cc2c(S(=O)(=O)O)c(NC(=O)CS(=O)OCCl)ccc2c(O)c1N=Nc1cc(S(=O)(=O)O)c2cc(N=Nc3c(S(=O)(=O)O)cc4c(S(=O)(=O)O)c(NC(=O)CS(=O)OCCl)ccc4c3O)cc(S(=O)(=O)O)c2c1. The van der Waals surface area contributed by atoms with E-state index in [9.17, 15) is 93.1 Å². The van der Waals surface area contributed by atoms with Gasteiger partial charge in [-0.25, -0.2) is 8.42 Å². The van der Waals surface area contributed by atoms with Crippen molar-refractivity contribution < 1.29 is 101 Å². The molecular formula is C37H30Cl2N6O23S7. The zero-order chi connectivity index (χ0) is 55.9. The third-order valence-corrected chi connectivity index (χ3v) is 16.6. The highest BCUT2D eigenvalue weighted by Gasteiger charge is 2.30. The van der Waals surface area contributed by atoms with E-state index in [2.05, 4.69) is 34.1 Å². The Morgan fingerprint density at radius 3 is 1.25 bits per heavy atom. The van der Waals surface area contributed by atoms with Gasteiger partial charge in [-0.15, -0.1) is 10.2 Å². The van der Waals surface area contributed by atoms with Crippen molar-refractivity contribution in [1.82, 2.24) is 0 Å². The molecule has 0 heterocycles. The number of hydrogen-bond donors (Lipinski definition) is 9. The maximum absolute atomic E-state index is 12.9. The maximum Gasteiger partial charge on any atom is 0.297 e. The van der Waals surface area contributed by atoms with Gasteiger partial charge in [0.25, 0.3) is 50.6 Å². The summed E-state index contributed by atoms with van der Waals surface area (Å²) in [6.45, 7) is 1.25. The van der Waals surface area contributed by atoms with Gasteiger partial charge in [-0.2, -0.15) is 52.3 Å². The predicted molar refractivity (Wildman–Crippen MR) is 264 cm³/mol. The van der Waals surface area contributed by atoms with Gasteiger partial charge in [0.1, 0.15) is 59.5 Å². The summed E-state index contributed by atoms with van der Waals surface area (Å²) in [6.07, 6.45) is 0. The predicted octanol–water partition coefficient (Wildman–Crippen LogP) is 5.56. The summed E-state index contributed by atoms with van der Waals surface area (Å²) in [5.41, 5.74) is -4.51. The van der Waals surface area contributed by atoms with Gasteiger partial charge in [-0.3, -0.25) is 40.7 Å². The number of alkyl halides is 2. The molecule has 6 aromatic carbocycles. The lowest BCUT2D eigenvalue weighted by Crippen LogP contribution is -2.21. The fourth-order valence-electron chi connectivity index (χ4n) is 7.01. The second kappa shape index (κ2) is 22.0. The zero-order valence-corrected chi connectivity index (χ0v) is 43.9. The number of carbonyl (C=O) groups is 2. The molecule has 0 saturated heterocycles. The first kappa shape index (κ1) is 58.5. The lowest BCUT2D eigenvalue weighted by atomic mass is 10.0. The Hall–Kier alpha value is -5.81. The number of phenols is 2. The first-order valence-corrected chi connectivity index (χ1v) is 30.1. The second-order valence-corrected chi connectivity index (χ2v) is 24.3. The molecule has 6 aromatic rings. The lowest BCUT2D eigenvalue weighted by molar-refractivity contribution is -0.114. The second-order valence-electron chi connectivity index (χ2n) is 14.7. The number of aromatic hydroxyl groups is 2. The minimum atomic E-state index is -5.62. The standard InChI is InChI=1S/C37H30Cl2N6O23S7/c1-16-6-23-19(2-4-25(36(23)74(61,62)63)40-30(46)12-69(50)67-14-38)34(48)32(16)44-42-17-7-21-22(27(9-17)71(52,53)54)8-18(10-28(21)72(55,56)57)43-45-33-29(73(58,59)60)11-24-20(35(33)49)3-5-26(37(24)75(64,65)66)41-31(47)13-70(51)68-15-39/h2-11,48-49H,12-15H2,1H3,(H,40,46)(H,41,47)(H,52,53,54)(H,55,56,57)(H,58,59,60)(H,61,62,63)(H,64,65,66). The van der Waals surface area contributed by atoms with Crippen molar-refractivity contribution in [2.45, 2.75) is 31.4 Å². The van der Waals surface area contributed by atoms with E-state index in [0.717, 1.165) is 36.4 Å². The summed E-state index contributed by atoms with van der Waals surface area (Å²) in [4.78, 5) is 18.9. The van der Waals surface area contributed by atoms with Crippen molar-refractivity contribution >= 4 is 174 Å². The van der Waals surface area contributed by atoms with Crippen LogP contribution in [0.25, 0.3) is 32.3 Å². The summed E-state index contributed by atoms with van der Waals surface area (Å²) < 4.78 is 211. The molecule has 402 valence electrons. The van der Waals surface area contributed by atoms with Crippen LogP contribution >= 0.6 is 23.2 Å². The maximum atomic E-state index is 12.9. The minimum Gasteiger partial charge on any atom is -0.505 e. The molecule has 0 aromatic heterocycles. The van der Waals surface area contributed by atoms with E-state index in [1.54, 1.807) is 0 Å². The molecule has 9 N–H and O–H groups in total. The van der Waals surface area contributed by atoms with E-state index < -0.39 is 205 Å². The third-order valence-electron chi connectivity index (χ3n) is 9.84. The molecule has 75 heavy (non-hydrogen) atoms. The highest BCUT2D eigenvalue weighted by Crippen LogP contribution is 2.47. The van der Waals surface area contributed by atoms with Gasteiger partial charge in [0.05, 0.1) is 22.7 Å². The van der Waals surface area contributed by atoms with Crippen LogP contribution in [0.2, 0.25) is 0 Å². The third kappa shape index (κ3) is 13.2. The van der Waals surface area contributed by atoms with Gasteiger partial charge in [0.2, 0.25) is 11.8 Å². The normalized spacial score (nSPS) is 13.8. The monoisotopic (exact) mass is 1220 g/mol. The van der Waals surface area contributed by atoms with Crippen LogP contribution < -0.4 is 10.6 Å². The topological polar surface area (TPSA) is 473 Å². The van der Waals surface area contributed by atoms with Crippen LogP contribution in [0.1, 0.15) is 5.56 Å². The fraction of sp³-hybridized carbons (Fsp3) is 0.135. The number of halogens is 2. The molecule has 0 aliphatic rings. The molecule has 2 atom stereocenters. The zero-order valence-electron chi connectivity index (χ0n) is 36.7. The van der Waals surface area contributed by atoms with E-state index in [-0.39, 0.29) is 10.9 Å². The smallest absolute Gasteiger partial charge is 0.297 e.